The number of aliphatic hydroxyl groups excluding tert-OH is 1. The summed E-state index contributed by atoms with van der Waals surface area (Å²) in [6.07, 6.45) is 3.32. The third kappa shape index (κ3) is 4.17. The van der Waals surface area contributed by atoms with Gasteiger partial charge in [0.25, 0.3) is 0 Å². The van der Waals surface area contributed by atoms with Gasteiger partial charge in [-0.05, 0) is 57.4 Å². The topological polar surface area (TPSA) is 108 Å². The molecular formula is C25H35N3O5S. The number of benzene rings is 1. The van der Waals surface area contributed by atoms with E-state index in [0.717, 1.165) is 25.0 Å². The molecule has 6 atom stereocenters. The third-order valence-electron chi connectivity index (χ3n) is 7.29. The molecule has 0 aromatic heterocycles. The highest BCUT2D eigenvalue weighted by atomic mass is 32.2. The van der Waals surface area contributed by atoms with Gasteiger partial charge >= 0.3 is 0 Å². The van der Waals surface area contributed by atoms with E-state index in [-0.39, 0.29) is 29.6 Å². The number of anilines is 1. The van der Waals surface area contributed by atoms with Crippen molar-refractivity contribution in [3.05, 3.63) is 24.3 Å². The molecule has 34 heavy (non-hydrogen) atoms. The zero-order chi connectivity index (χ0) is 24.5. The third-order valence-corrected chi connectivity index (χ3v) is 9.24. The maximum Gasteiger partial charge on any atom is 0.244 e. The second kappa shape index (κ2) is 10.2. The van der Waals surface area contributed by atoms with Gasteiger partial charge in [0.2, 0.25) is 17.7 Å². The number of unbranched alkanes of at least 4 members (excludes halogenated alkanes) is 1. The Morgan fingerprint density at radius 2 is 2.00 bits per heavy atom. The highest BCUT2D eigenvalue weighted by Gasteiger charge is 2.73. The number of carbonyl (C=O) groups is 3. The molecular weight excluding hydrogens is 454 g/mol. The Morgan fingerprint density at radius 1 is 1.26 bits per heavy atom. The smallest absolute Gasteiger partial charge is 0.244 e. The van der Waals surface area contributed by atoms with Gasteiger partial charge in [0.1, 0.15) is 11.8 Å². The largest absolute Gasteiger partial charge is 0.494 e. The fourth-order valence-electron chi connectivity index (χ4n) is 5.76. The minimum absolute atomic E-state index is 0.00540. The van der Waals surface area contributed by atoms with Crippen LogP contribution in [0.15, 0.2) is 24.3 Å². The van der Waals surface area contributed by atoms with Gasteiger partial charge in [-0.15, -0.1) is 11.8 Å². The summed E-state index contributed by atoms with van der Waals surface area (Å²) in [5, 5.41) is 15.8. The van der Waals surface area contributed by atoms with Crippen LogP contribution >= 0.6 is 11.8 Å². The van der Waals surface area contributed by atoms with Crippen LogP contribution in [-0.2, 0) is 14.4 Å². The molecule has 0 aliphatic carbocycles. The van der Waals surface area contributed by atoms with Crippen LogP contribution in [-0.4, -0.2) is 69.6 Å². The molecule has 0 radical (unpaired) electrons. The van der Waals surface area contributed by atoms with Gasteiger partial charge < -0.3 is 25.4 Å². The van der Waals surface area contributed by atoms with Crippen molar-refractivity contribution in [2.75, 3.05) is 25.1 Å². The summed E-state index contributed by atoms with van der Waals surface area (Å²) in [5.74, 6) is -0.921. The van der Waals surface area contributed by atoms with E-state index in [4.69, 9.17) is 4.74 Å². The average molecular weight is 490 g/mol. The Bertz CT molecular complexity index is 926. The molecule has 3 heterocycles. The van der Waals surface area contributed by atoms with Crippen molar-refractivity contribution in [3.8, 4) is 5.75 Å². The molecule has 3 N–H and O–H groups in total. The van der Waals surface area contributed by atoms with Crippen LogP contribution in [0.4, 0.5) is 5.69 Å². The quantitative estimate of drug-likeness (QED) is 0.436. The molecule has 9 heteroatoms. The lowest BCUT2D eigenvalue weighted by Crippen LogP contribution is -2.56. The molecule has 1 aromatic rings. The van der Waals surface area contributed by atoms with Crippen molar-refractivity contribution in [2.45, 2.75) is 68.5 Å². The Kier molecular flexibility index (Phi) is 7.42. The molecule has 2 bridgehead atoms. The molecule has 8 nitrogen and oxygen atoms in total. The number of rotatable bonds is 10. The van der Waals surface area contributed by atoms with E-state index in [1.54, 1.807) is 47.9 Å². The predicted molar refractivity (Wildman–Crippen MR) is 132 cm³/mol. The van der Waals surface area contributed by atoms with Crippen molar-refractivity contribution in [3.63, 3.8) is 0 Å². The zero-order valence-corrected chi connectivity index (χ0v) is 20.9. The summed E-state index contributed by atoms with van der Waals surface area (Å²) >= 11 is 1.63. The summed E-state index contributed by atoms with van der Waals surface area (Å²) in [7, 11) is 0. The van der Waals surface area contributed by atoms with Crippen molar-refractivity contribution in [1.29, 1.82) is 0 Å². The fourth-order valence-corrected chi connectivity index (χ4v) is 7.97. The lowest BCUT2D eigenvalue weighted by Gasteiger charge is -2.36. The van der Waals surface area contributed by atoms with Gasteiger partial charge in [-0.25, -0.2) is 0 Å². The van der Waals surface area contributed by atoms with E-state index < -0.39 is 28.7 Å². The molecule has 0 saturated carbocycles. The van der Waals surface area contributed by atoms with Gasteiger partial charge in [0.15, 0.2) is 0 Å². The molecule has 1 spiro atoms. The van der Waals surface area contributed by atoms with E-state index >= 15 is 0 Å². The van der Waals surface area contributed by atoms with E-state index in [9.17, 15) is 19.5 Å². The highest BCUT2D eigenvalue weighted by molar-refractivity contribution is 8.02. The fraction of sp³-hybridized carbons (Fsp3) is 0.640. The van der Waals surface area contributed by atoms with E-state index in [2.05, 4.69) is 17.6 Å². The molecule has 4 rings (SSSR count). The molecule has 3 fully saturated rings. The number of amides is 3. The number of hydrogen-bond donors (Lipinski definition) is 3. The van der Waals surface area contributed by atoms with Crippen molar-refractivity contribution < 1.29 is 24.2 Å². The van der Waals surface area contributed by atoms with Crippen molar-refractivity contribution in [1.82, 2.24) is 10.2 Å². The molecule has 2 unspecified atom stereocenters. The number of ether oxygens (including phenoxy) is 1. The van der Waals surface area contributed by atoms with Crippen molar-refractivity contribution in [2.24, 2.45) is 11.8 Å². The second-order valence-electron chi connectivity index (χ2n) is 9.42. The normalized spacial score (nSPS) is 30.2. The highest BCUT2D eigenvalue weighted by Crippen LogP contribution is 2.66. The first-order valence-corrected chi connectivity index (χ1v) is 13.2. The maximum absolute atomic E-state index is 13.7. The maximum atomic E-state index is 13.7. The first-order valence-electron chi connectivity index (χ1n) is 12.3. The zero-order valence-electron chi connectivity index (χ0n) is 20.1. The van der Waals surface area contributed by atoms with Crippen LogP contribution in [0.3, 0.4) is 0 Å². The van der Waals surface area contributed by atoms with Gasteiger partial charge in [-0.2, -0.15) is 0 Å². The minimum Gasteiger partial charge on any atom is -0.494 e. The summed E-state index contributed by atoms with van der Waals surface area (Å²) in [4.78, 5) is 42.1. The van der Waals surface area contributed by atoms with Gasteiger partial charge in [-0.1, -0.05) is 13.3 Å². The van der Waals surface area contributed by atoms with Crippen LogP contribution in [0.1, 0.15) is 46.5 Å². The number of carbonyl (C=O) groups excluding carboxylic acids is 3. The number of nitrogens with zero attached hydrogens (tertiary/aromatic N) is 1. The van der Waals surface area contributed by atoms with Gasteiger partial charge in [0.05, 0.1) is 35.8 Å². The molecule has 3 saturated heterocycles. The van der Waals surface area contributed by atoms with E-state index in [0.29, 0.717) is 25.3 Å². The van der Waals surface area contributed by atoms with E-state index in [1.807, 2.05) is 6.92 Å². The van der Waals surface area contributed by atoms with Gasteiger partial charge in [-0.3, -0.25) is 14.4 Å². The Morgan fingerprint density at radius 3 is 2.65 bits per heavy atom. The predicted octanol–water partition coefficient (Wildman–Crippen LogP) is 2.41. The molecule has 186 valence electrons. The number of thioether (sulfide) groups is 1. The average Bonchev–Trinajstić information content (AvgIpc) is 3.47. The number of likely N-dealkylation sites (tertiary alicyclic amines) is 1. The lowest BCUT2D eigenvalue weighted by atomic mass is 9.70. The standard InChI is InChI=1S/C25H35N3O5S/c1-4-6-13-26-23(31)21-25-12-11-18(34-25)19(20(25)24(32)28(21)15(3)14-29)22(30)27-16-7-9-17(10-8-16)33-5-2/h7-10,15,18-21,29H,4-6,11-14H2,1-3H3,(H,26,31)(H,27,30)/t15-,18-,19+,20+,21?,25?/m1/s1. The number of nitrogens with one attached hydrogen (secondary N) is 2. The van der Waals surface area contributed by atoms with Crippen LogP contribution in [0, 0.1) is 11.8 Å². The van der Waals surface area contributed by atoms with Crippen LogP contribution in [0.5, 0.6) is 5.75 Å². The van der Waals surface area contributed by atoms with Crippen LogP contribution < -0.4 is 15.4 Å². The van der Waals surface area contributed by atoms with Crippen molar-refractivity contribution >= 4 is 35.2 Å². The number of fused-ring (bicyclic) bond motifs is 1. The summed E-state index contributed by atoms with van der Waals surface area (Å²) in [5.41, 5.74) is 0.648. The molecule has 3 aliphatic rings. The first-order chi connectivity index (χ1) is 16.4. The van der Waals surface area contributed by atoms with Crippen LogP contribution in [0.2, 0.25) is 0 Å². The van der Waals surface area contributed by atoms with Crippen LogP contribution in [0.25, 0.3) is 0 Å². The molecule has 3 amide bonds. The lowest BCUT2D eigenvalue weighted by molar-refractivity contribution is -0.141. The summed E-state index contributed by atoms with van der Waals surface area (Å²) in [6.45, 7) is 6.61. The Balaban J connectivity index is 1.59. The molecule has 1 aromatic carbocycles. The SMILES string of the molecule is CCCCNC(=O)C1N([C@H](C)CO)C(=O)[C@@H]2[C@@H](C(=O)Nc3ccc(OCC)cc3)[C@H]3CCC12S3. The number of aliphatic hydroxyl groups is 1. The van der Waals surface area contributed by atoms with E-state index in [1.165, 1.54) is 0 Å². The summed E-state index contributed by atoms with van der Waals surface area (Å²) < 4.78 is 4.83. The Hall–Kier alpha value is -2.26. The Labute approximate surface area is 205 Å². The minimum atomic E-state index is -0.678. The molecule has 3 aliphatic heterocycles. The summed E-state index contributed by atoms with van der Waals surface area (Å²) in [6, 6.07) is 6.02. The van der Waals surface area contributed by atoms with Gasteiger partial charge in [0, 0.05) is 17.5 Å². The second-order valence-corrected chi connectivity index (χ2v) is 11.0. The number of hydrogen-bond acceptors (Lipinski definition) is 6. The monoisotopic (exact) mass is 489 g/mol. The first kappa shape index (κ1) is 24.9.